The number of carboxylic acids is 1. The lowest BCUT2D eigenvalue weighted by molar-refractivity contribution is 0.0697. The van der Waals surface area contributed by atoms with Gasteiger partial charge >= 0.3 is 5.97 Å². The monoisotopic (exact) mass is 345 g/mol. The second-order valence-corrected chi connectivity index (χ2v) is 5.75. The molecule has 1 heterocycles. The number of aromatic carboxylic acids is 1. The van der Waals surface area contributed by atoms with Crippen molar-refractivity contribution in [3.05, 3.63) is 63.6 Å². The van der Waals surface area contributed by atoms with Gasteiger partial charge in [-0.25, -0.2) is 4.79 Å². The summed E-state index contributed by atoms with van der Waals surface area (Å²) in [5, 5.41) is 9.34. The van der Waals surface area contributed by atoms with Crippen molar-refractivity contribution < 1.29 is 14.7 Å². The molecule has 0 bridgehead atoms. The van der Waals surface area contributed by atoms with Crippen molar-refractivity contribution in [2.75, 3.05) is 11.4 Å². The molecule has 0 aliphatic carbocycles. The van der Waals surface area contributed by atoms with Crippen LogP contribution in [0.5, 0.6) is 0 Å². The Morgan fingerprint density at radius 3 is 2.71 bits per heavy atom. The van der Waals surface area contributed by atoms with Crippen molar-refractivity contribution in [3.8, 4) is 0 Å². The van der Waals surface area contributed by atoms with Crippen LogP contribution in [-0.2, 0) is 6.42 Å². The van der Waals surface area contributed by atoms with Crippen molar-refractivity contribution in [1.29, 1.82) is 0 Å². The number of rotatable bonds is 2. The topological polar surface area (TPSA) is 57.6 Å². The van der Waals surface area contributed by atoms with Crippen LogP contribution in [0, 0.1) is 0 Å². The molecule has 1 amide bonds. The van der Waals surface area contributed by atoms with E-state index in [1.807, 2.05) is 18.2 Å². The van der Waals surface area contributed by atoms with Gasteiger partial charge in [-0.3, -0.25) is 4.79 Å². The highest BCUT2D eigenvalue weighted by Crippen LogP contribution is 2.29. The molecule has 2 aromatic rings. The van der Waals surface area contributed by atoms with E-state index in [1.54, 1.807) is 18.2 Å². The fraction of sp³-hybridized carbons (Fsp3) is 0.125. The van der Waals surface area contributed by atoms with Gasteiger partial charge in [-0.1, -0.05) is 34.1 Å². The largest absolute Gasteiger partial charge is 0.478 e. The van der Waals surface area contributed by atoms with Crippen LogP contribution >= 0.6 is 15.9 Å². The lowest BCUT2D eigenvalue weighted by Crippen LogP contribution is -2.38. The minimum atomic E-state index is -1.04. The first kappa shape index (κ1) is 13.8. The number of amides is 1. The van der Waals surface area contributed by atoms with Crippen LogP contribution in [0.2, 0.25) is 0 Å². The summed E-state index contributed by atoms with van der Waals surface area (Å²) in [5.41, 5.74) is 2.21. The average Bonchev–Trinajstić information content (AvgIpc) is 2.48. The lowest BCUT2D eigenvalue weighted by Gasteiger charge is -2.29. The lowest BCUT2D eigenvalue weighted by atomic mass is 9.98. The molecule has 1 N–H and O–H groups in total. The van der Waals surface area contributed by atoms with Crippen LogP contribution in [-0.4, -0.2) is 23.5 Å². The number of carboxylic acid groups (broad SMARTS) is 1. The summed E-state index contributed by atoms with van der Waals surface area (Å²) in [6.45, 7) is 0.484. The second kappa shape index (κ2) is 5.33. The summed E-state index contributed by atoms with van der Waals surface area (Å²) in [6.07, 6.45) is 0.719. The Bertz CT molecular complexity index is 742. The molecule has 0 spiro atoms. The summed E-state index contributed by atoms with van der Waals surface area (Å²) in [4.78, 5) is 25.5. The molecule has 0 saturated carbocycles. The summed E-state index contributed by atoms with van der Waals surface area (Å²) in [6, 6.07) is 12.4. The molecular weight excluding hydrogens is 334 g/mol. The molecule has 5 heteroatoms. The van der Waals surface area contributed by atoms with Crippen LogP contribution in [0.3, 0.4) is 0 Å². The number of hydrogen-bond donors (Lipinski definition) is 1. The fourth-order valence-electron chi connectivity index (χ4n) is 2.57. The third-order valence-corrected chi connectivity index (χ3v) is 4.07. The highest BCUT2D eigenvalue weighted by molar-refractivity contribution is 9.10. The van der Waals surface area contributed by atoms with E-state index in [9.17, 15) is 14.7 Å². The van der Waals surface area contributed by atoms with Crippen molar-refractivity contribution in [1.82, 2.24) is 0 Å². The van der Waals surface area contributed by atoms with Gasteiger partial charge < -0.3 is 10.0 Å². The van der Waals surface area contributed by atoms with E-state index in [4.69, 9.17) is 0 Å². The zero-order valence-electron chi connectivity index (χ0n) is 11.0. The van der Waals surface area contributed by atoms with Crippen LogP contribution < -0.4 is 4.90 Å². The van der Waals surface area contributed by atoms with E-state index in [0.717, 1.165) is 12.0 Å². The first-order chi connectivity index (χ1) is 10.1. The summed E-state index contributed by atoms with van der Waals surface area (Å²) in [5.74, 6) is -1.19. The number of carbonyl (C=O) groups is 2. The predicted octanol–water partition coefficient (Wildman–Crippen LogP) is 3.35. The van der Waals surface area contributed by atoms with E-state index < -0.39 is 5.97 Å². The molecule has 0 aromatic heterocycles. The molecule has 21 heavy (non-hydrogen) atoms. The van der Waals surface area contributed by atoms with Gasteiger partial charge in [0.2, 0.25) is 0 Å². The Morgan fingerprint density at radius 2 is 1.95 bits per heavy atom. The molecule has 3 rings (SSSR count). The number of halogens is 1. The number of anilines is 1. The zero-order chi connectivity index (χ0) is 15.0. The van der Waals surface area contributed by atoms with Crippen LogP contribution in [0.1, 0.15) is 26.3 Å². The first-order valence-corrected chi connectivity index (χ1v) is 7.30. The Labute approximate surface area is 130 Å². The quantitative estimate of drug-likeness (QED) is 0.907. The number of nitrogens with zero attached hydrogens (tertiary/aromatic N) is 1. The minimum Gasteiger partial charge on any atom is -0.478 e. The Morgan fingerprint density at radius 1 is 1.19 bits per heavy atom. The molecule has 106 valence electrons. The Kier molecular flexibility index (Phi) is 3.51. The van der Waals surface area contributed by atoms with Gasteiger partial charge in [-0.05, 0) is 36.2 Å². The van der Waals surface area contributed by atoms with Gasteiger partial charge in [0.05, 0.1) is 11.3 Å². The molecule has 1 aliphatic heterocycles. The molecule has 0 saturated heterocycles. The molecular formula is C16H12BrNO3. The number of hydrogen-bond acceptors (Lipinski definition) is 2. The third kappa shape index (κ3) is 2.45. The van der Waals surface area contributed by atoms with Gasteiger partial charge in [0, 0.05) is 16.6 Å². The maximum Gasteiger partial charge on any atom is 0.337 e. The molecule has 4 nitrogen and oxygen atoms in total. The maximum atomic E-state index is 12.6. The molecule has 1 aliphatic rings. The Balaban J connectivity index is 2.07. The van der Waals surface area contributed by atoms with Gasteiger partial charge in [-0.2, -0.15) is 0 Å². The van der Waals surface area contributed by atoms with Crippen molar-refractivity contribution in [2.24, 2.45) is 0 Å². The van der Waals surface area contributed by atoms with Crippen LogP contribution in [0.15, 0.2) is 46.9 Å². The van der Waals surface area contributed by atoms with Gasteiger partial charge in [-0.15, -0.1) is 0 Å². The molecule has 0 atom stereocenters. The van der Waals surface area contributed by atoms with Gasteiger partial charge in [0.15, 0.2) is 0 Å². The SMILES string of the molecule is O=C(O)c1cc(Br)ccc1N1CCc2ccccc2C1=O. The standard InChI is InChI=1S/C16H12BrNO3/c17-11-5-6-14(13(9-11)16(20)21)18-8-7-10-3-1-2-4-12(10)15(18)19/h1-6,9H,7-8H2,(H,20,21). The van der Waals surface area contributed by atoms with E-state index in [0.29, 0.717) is 22.3 Å². The molecule has 0 unspecified atom stereocenters. The van der Waals surface area contributed by atoms with Gasteiger partial charge in [0.1, 0.15) is 0 Å². The van der Waals surface area contributed by atoms with E-state index in [2.05, 4.69) is 15.9 Å². The molecule has 0 radical (unpaired) electrons. The predicted molar refractivity (Wildman–Crippen MR) is 82.9 cm³/mol. The highest BCUT2D eigenvalue weighted by Gasteiger charge is 2.27. The van der Waals surface area contributed by atoms with E-state index in [1.165, 1.54) is 11.0 Å². The fourth-order valence-corrected chi connectivity index (χ4v) is 2.93. The molecule has 2 aromatic carbocycles. The van der Waals surface area contributed by atoms with Gasteiger partial charge in [0.25, 0.3) is 5.91 Å². The van der Waals surface area contributed by atoms with E-state index >= 15 is 0 Å². The van der Waals surface area contributed by atoms with Crippen LogP contribution in [0.4, 0.5) is 5.69 Å². The minimum absolute atomic E-state index is 0.122. The van der Waals surface area contributed by atoms with Crippen molar-refractivity contribution in [2.45, 2.75) is 6.42 Å². The second-order valence-electron chi connectivity index (χ2n) is 4.83. The normalized spacial score (nSPS) is 14.0. The van der Waals surface area contributed by atoms with Crippen LogP contribution in [0.25, 0.3) is 0 Å². The maximum absolute atomic E-state index is 12.6. The average molecular weight is 346 g/mol. The smallest absolute Gasteiger partial charge is 0.337 e. The summed E-state index contributed by atoms with van der Waals surface area (Å²) < 4.78 is 0.675. The van der Waals surface area contributed by atoms with Crippen molar-refractivity contribution in [3.63, 3.8) is 0 Å². The highest BCUT2D eigenvalue weighted by atomic mass is 79.9. The Hall–Kier alpha value is -2.14. The zero-order valence-corrected chi connectivity index (χ0v) is 12.6. The van der Waals surface area contributed by atoms with E-state index in [-0.39, 0.29) is 11.5 Å². The van der Waals surface area contributed by atoms with Crippen molar-refractivity contribution >= 4 is 33.5 Å². The number of fused-ring (bicyclic) bond motifs is 1. The molecule has 0 fully saturated rings. The summed E-state index contributed by atoms with van der Waals surface area (Å²) >= 11 is 3.26. The first-order valence-electron chi connectivity index (χ1n) is 6.50. The third-order valence-electron chi connectivity index (χ3n) is 3.58. The summed E-state index contributed by atoms with van der Waals surface area (Å²) in [7, 11) is 0. The number of carbonyl (C=O) groups excluding carboxylic acids is 1. The number of benzene rings is 2.